The van der Waals surface area contributed by atoms with Gasteiger partial charge in [0.1, 0.15) is 5.65 Å². The predicted molar refractivity (Wildman–Crippen MR) is 115 cm³/mol. The lowest BCUT2D eigenvalue weighted by Crippen LogP contribution is -2.62. The van der Waals surface area contributed by atoms with Crippen LogP contribution >= 0.6 is 15.9 Å². The molecule has 4 saturated carbocycles. The second-order valence-corrected chi connectivity index (χ2v) is 10.5. The van der Waals surface area contributed by atoms with Crippen LogP contribution in [0.5, 0.6) is 0 Å². The second-order valence-electron chi connectivity index (χ2n) is 9.53. The molecule has 7 rings (SSSR count). The number of aryl methyl sites for hydroxylation is 1. The predicted octanol–water partition coefficient (Wildman–Crippen LogP) is 4.36. The Balaban J connectivity index is 1.38. The molecule has 0 unspecified atom stereocenters. The lowest BCUT2D eigenvalue weighted by molar-refractivity contribution is -0.127. The van der Waals surface area contributed by atoms with E-state index in [0.717, 1.165) is 59.2 Å². The average molecular weight is 454 g/mol. The third kappa shape index (κ3) is 2.89. The van der Waals surface area contributed by atoms with Crippen molar-refractivity contribution < 1.29 is 5.11 Å². The highest BCUT2D eigenvalue weighted by Gasteiger charge is 2.57. The van der Waals surface area contributed by atoms with Crippen LogP contribution in [0.4, 0.5) is 5.95 Å². The van der Waals surface area contributed by atoms with Gasteiger partial charge in [-0.3, -0.25) is 4.40 Å². The molecule has 0 radical (unpaired) electrons. The van der Waals surface area contributed by atoms with Crippen LogP contribution in [0.2, 0.25) is 0 Å². The lowest BCUT2D eigenvalue weighted by Gasteiger charge is -2.60. The van der Waals surface area contributed by atoms with E-state index in [1.54, 1.807) is 0 Å². The summed E-state index contributed by atoms with van der Waals surface area (Å²) in [5.41, 5.74) is 3.16. The fraction of sp³-hybridized carbons (Fsp3) is 0.500. The van der Waals surface area contributed by atoms with Crippen molar-refractivity contribution in [3.05, 3.63) is 40.8 Å². The van der Waals surface area contributed by atoms with E-state index in [-0.39, 0.29) is 5.54 Å². The number of nitrogens with zero attached hydrogens (tertiary/aromatic N) is 4. The summed E-state index contributed by atoms with van der Waals surface area (Å²) in [5, 5.41) is 14.7. The maximum atomic E-state index is 11.0. The van der Waals surface area contributed by atoms with Gasteiger partial charge in [0.15, 0.2) is 0 Å². The number of anilines is 1. The molecule has 4 fully saturated rings. The van der Waals surface area contributed by atoms with Crippen molar-refractivity contribution in [2.45, 2.75) is 56.6 Å². The van der Waals surface area contributed by atoms with Gasteiger partial charge in [-0.15, -0.1) is 0 Å². The molecule has 150 valence electrons. The SMILES string of the molecule is Cc1cnc(N[C@@]23C[C@@H]4C[C@@H](C[C@@](O)(C4)C2)C3)nc1-c1cnc2ccc(Br)cn12. The first kappa shape index (κ1) is 17.8. The molecule has 3 aromatic rings. The Kier molecular flexibility index (Phi) is 3.70. The Morgan fingerprint density at radius 3 is 2.69 bits per heavy atom. The fourth-order valence-corrected chi connectivity index (χ4v) is 6.83. The van der Waals surface area contributed by atoms with Gasteiger partial charge >= 0.3 is 0 Å². The minimum atomic E-state index is -0.501. The monoisotopic (exact) mass is 453 g/mol. The smallest absolute Gasteiger partial charge is 0.223 e. The third-order valence-corrected chi connectivity index (χ3v) is 7.56. The maximum Gasteiger partial charge on any atom is 0.223 e. The van der Waals surface area contributed by atoms with Crippen LogP contribution in [-0.2, 0) is 0 Å². The van der Waals surface area contributed by atoms with Crippen LogP contribution in [0.15, 0.2) is 35.2 Å². The summed E-state index contributed by atoms with van der Waals surface area (Å²) in [5.74, 6) is 1.89. The van der Waals surface area contributed by atoms with Gasteiger partial charge in [0.25, 0.3) is 0 Å². The quantitative estimate of drug-likeness (QED) is 0.615. The molecule has 4 atom stereocenters. The number of halogens is 1. The van der Waals surface area contributed by atoms with Gasteiger partial charge in [0.2, 0.25) is 5.95 Å². The highest BCUT2D eigenvalue weighted by molar-refractivity contribution is 9.10. The number of hydrogen-bond donors (Lipinski definition) is 2. The summed E-state index contributed by atoms with van der Waals surface area (Å²) in [7, 11) is 0. The average Bonchev–Trinajstić information content (AvgIpc) is 3.04. The number of imidazole rings is 1. The topological polar surface area (TPSA) is 75.3 Å². The zero-order valence-electron chi connectivity index (χ0n) is 16.4. The summed E-state index contributed by atoms with van der Waals surface area (Å²) < 4.78 is 3.05. The van der Waals surface area contributed by atoms with Crippen LogP contribution in [0, 0.1) is 18.8 Å². The molecule has 2 N–H and O–H groups in total. The normalized spacial score (nSPS) is 32.8. The highest BCUT2D eigenvalue weighted by Crippen LogP contribution is 2.58. The van der Waals surface area contributed by atoms with E-state index in [9.17, 15) is 5.11 Å². The first-order valence-electron chi connectivity index (χ1n) is 10.4. The minimum Gasteiger partial charge on any atom is -0.390 e. The molecule has 4 bridgehead atoms. The van der Waals surface area contributed by atoms with Crippen molar-refractivity contribution in [2.24, 2.45) is 11.8 Å². The standard InChI is InChI=1S/C22H24BrN5O/c1-13-9-25-20(26-19(13)17-10-24-18-3-2-16(23)11-28(17)18)27-21-5-14-4-15(6-21)8-22(29,7-14)12-21/h2-3,9-11,14-15,29H,4-8,12H2,1H3,(H,25,26,27)/t14-,15+,21+,22-. The van der Waals surface area contributed by atoms with E-state index < -0.39 is 5.60 Å². The molecule has 0 aromatic carbocycles. The molecule has 29 heavy (non-hydrogen) atoms. The van der Waals surface area contributed by atoms with Crippen molar-refractivity contribution in [3.8, 4) is 11.4 Å². The van der Waals surface area contributed by atoms with Gasteiger partial charge in [-0.25, -0.2) is 15.0 Å². The van der Waals surface area contributed by atoms with Crippen LogP contribution < -0.4 is 5.32 Å². The molecule has 3 heterocycles. The molecule has 3 aromatic heterocycles. The largest absolute Gasteiger partial charge is 0.390 e. The molecular weight excluding hydrogens is 430 g/mol. The summed E-state index contributed by atoms with van der Waals surface area (Å²) in [6.07, 6.45) is 12.0. The van der Waals surface area contributed by atoms with E-state index in [0.29, 0.717) is 17.8 Å². The molecule has 4 aliphatic rings. The van der Waals surface area contributed by atoms with Crippen molar-refractivity contribution in [3.63, 3.8) is 0 Å². The molecule has 0 aliphatic heterocycles. The van der Waals surface area contributed by atoms with E-state index in [4.69, 9.17) is 4.98 Å². The van der Waals surface area contributed by atoms with E-state index in [1.165, 1.54) is 6.42 Å². The van der Waals surface area contributed by atoms with E-state index in [1.807, 2.05) is 37.6 Å². The van der Waals surface area contributed by atoms with Gasteiger partial charge in [-0.05, 0) is 90.9 Å². The lowest BCUT2D eigenvalue weighted by atomic mass is 9.51. The van der Waals surface area contributed by atoms with Gasteiger partial charge in [0, 0.05) is 22.4 Å². The fourth-order valence-electron chi connectivity index (χ4n) is 6.49. The Morgan fingerprint density at radius 1 is 1.14 bits per heavy atom. The summed E-state index contributed by atoms with van der Waals surface area (Å²) >= 11 is 3.55. The Bertz CT molecular complexity index is 1110. The van der Waals surface area contributed by atoms with Crippen molar-refractivity contribution in [1.82, 2.24) is 19.4 Å². The number of aliphatic hydroxyl groups is 1. The van der Waals surface area contributed by atoms with Gasteiger partial charge in [-0.2, -0.15) is 0 Å². The van der Waals surface area contributed by atoms with Crippen molar-refractivity contribution >= 4 is 27.5 Å². The zero-order chi connectivity index (χ0) is 19.8. The van der Waals surface area contributed by atoms with Gasteiger partial charge in [-0.1, -0.05) is 0 Å². The number of pyridine rings is 1. The third-order valence-electron chi connectivity index (χ3n) is 7.09. The minimum absolute atomic E-state index is 0.0755. The number of fused-ring (bicyclic) bond motifs is 1. The van der Waals surface area contributed by atoms with Crippen LogP contribution in [0.1, 0.15) is 44.1 Å². The summed E-state index contributed by atoms with van der Waals surface area (Å²) in [6, 6.07) is 3.98. The summed E-state index contributed by atoms with van der Waals surface area (Å²) in [6.45, 7) is 2.03. The Hall–Kier alpha value is -1.99. The molecule has 0 saturated heterocycles. The summed E-state index contributed by atoms with van der Waals surface area (Å²) in [4.78, 5) is 14.0. The number of hydrogen-bond acceptors (Lipinski definition) is 5. The Morgan fingerprint density at radius 2 is 1.93 bits per heavy atom. The molecule has 0 spiro atoms. The van der Waals surface area contributed by atoms with E-state index in [2.05, 4.69) is 35.6 Å². The maximum absolute atomic E-state index is 11.0. The Labute approximate surface area is 177 Å². The van der Waals surface area contributed by atoms with Crippen molar-refractivity contribution in [2.75, 3.05) is 5.32 Å². The zero-order valence-corrected chi connectivity index (χ0v) is 18.0. The first-order valence-corrected chi connectivity index (χ1v) is 11.2. The molecule has 6 nitrogen and oxygen atoms in total. The van der Waals surface area contributed by atoms with Gasteiger partial charge < -0.3 is 10.4 Å². The number of rotatable bonds is 3. The van der Waals surface area contributed by atoms with Crippen LogP contribution in [-0.4, -0.2) is 35.6 Å². The number of nitrogens with one attached hydrogen (secondary N) is 1. The molecular formula is C22H24BrN5O. The van der Waals surface area contributed by atoms with Crippen LogP contribution in [0.25, 0.3) is 17.0 Å². The second kappa shape index (κ2) is 6.01. The highest BCUT2D eigenvalue weighted by atomic mass is 79.9. The van der Waals surface area contributed by atoms with E-state index >= 15 is 0 Å². The molecule has 4 aliphatic carbocycles. The van der Waals surface area contributed by atoms with Crippen LogP contribution in [0.3, 0.4) is 0 Å². The van der Waals surface area contributed by atoms with Crippen molar-refractivity contribution in [1.29, 1.82) is 0 Å². The molecule has 0 amide bonds. The first-order chi connectivity index (χ1) is 13.9. The molecule has 7 heteroatoms. The van der Waals surface area contributed by atoms with Gasteiger partial charge in [0.05, 0.1) is 23.2 Å². The number of aromatic nitrogens is 4.